The maximum atomic E-state index is 5.55. The first-order chi connectivity index (χ1) is 7.17. The fourth-order valence-electron chi connectivity index (χ4n) is 1.26. The van der Waals surface area contributed by atoms with Crippen LogP contribution in [0.4, 0.5) is 11.8 Å². The molecule has 0 bridgehead atoms. The zero-order chi connectivity index (χ0) is 11.3. The van der Waals surface area contributed by atoms with E-state index < -0.39 is 0 Å². The molecule has 5 heteroatoms. The van der Waals surface area contributed by atoms with Crippen molar-refractivity contribution in [2.75, 3.05) is 23.1 Å². The van der Waals surface area contributed by atoms with E-state index in [1.54, 1.807) is 6.20 Å². The summed E-state index contributed by atoms with van der Waals surface area (Å²) in [7, 11) is 0. The van der Waals surface area contributed by atoms with Crippen LogP contribution in [0.25, 0.3) is 0 Å². The molecule has 0 aromatic carbocycles. The van der Waals surface area contributed by atoms with E-state index in [2.05, 4.69) is 28.5 Å². The van der Waals surface area contributed by atoms with E-state index in [1.165, 1.54) is 0 Å². The zero-order valence-electron chi connectivity index (χ0n) is 9.45. The number of nitrogen functional groups attached to an aromatic ring is 1. The summed E-state index contributed by atoms with van der Waals surface area (Å²) in [6, 6.07) is 0.438. The van der Waals surface area contributed by atoms with Gasteiger partial charge in [0.05, 0.1) is 0 Å². The van der Waals surface area contributed by atoms with Gasteiger partial charge in [-0.1, -0.05) is 6.92 Å². The second-order valence-electron chi connectivity index (χ2n) is 3.46. The number of rotatable bonds is 5. The van der Waals surface area contributed by atoms with Crippen LogP contribution in [0.15, 0.2) is 6.20 Å². The van der Waals surface area contributed by atoms with Gasteiger partial charge in [0.2, 0.25) is 5.95 Å². The summed E-state index contributed by atoms with van der Waals surface area (Å²) in [5, 5.41) is 3.39. The lowest BCUT2D eigenvalue weighted by Crippen LogP contribution is -2.22. The van der Waals surface area contributed by atoms with Crippen LogP contribution in [0.3, 0.4) is 0 Å². The molecule has 0 aliphatic heterocycles. The van der Waals surface area contributed by atoms with Crippen LogP contribution >= 0.6 is 11.8 Å². The molecule has 0 amide bonds. The van der Waals surface area contributed by atoms with Crippen molar-refractivity contribution in [1.82, 2.24) is 9.97 Å². The van der Waals surface area contributed by atoms with Gasteiger partial charge in [-0.25, -0.2) is 4.98 Å². The fraction of sp³-hybridized carbons (Fsp3) is 0.600. The molecule has 0 aliphatic carbocycles. The third kappa shape index (κ3) is 3.58. The minimum absolute atomic E-state index is 0.321. The molecule has 84 valence electrons. The largest absolute Gasteiger partial charge is 0.368 e. The average Bonchev–Trinajstić information content (AvgIpc) is 2.22. The minimum atomic E-state index is 0.321. The molecular weight excluding hydrogens is 208 g/mol. The molecule has 1 heterocycles. The number of aryl methyl sites for hydroxylation is 1. The number of hydrogen-bond donors (Lipinski definition) is 2. The molecule has 1 rings (SSSR count). The van der Waals surface area contributed by atoms with E-state index in [0.717, 1.165) is 23.6 Å². The van der Waals surface area contributed by atoms with Crippen LogP contribution < -0.4 is 11.1 Å². The molecule has 0 aliphatic rings. The monoisotopic (exact) mass is 226 g/mol. The van der Waals surface area contributed by atoms with Gasteiger partial charge in [0.15, 0.2) is 0 Å². The molecule has 0 saturated carbocycles. The standard InChI is InChI=1S/C10H18N4S/c1-4-8(6-15-3)13-9-7(2)5-12-10(11)14-9/h5,8H,4,6H2,1-3H3,(H3,11,12,13,14). The van der Waals surface area contributed by atoms with Gasteiger partial charge in [-0.3, -0.25) is 0 Å². The summed E-state index contributed by atoms with van der Waals surface area (Å²) in [5.41, 5.74) is 6.58. The summed E-state index contributed by atoms with van der Waals surface area (Å²) < 4.78 is 0. The van der Waals surface area contributed by atoms with Crippen molar-refractivity contribution in [2.45, 2.75) is 26.3 Å². The Labute approximate surface area is 95.1 Å². The highest BCUT2D eigenvalue weighted by molar-refractivity contribution is 7.98. The number of aromatic nitrogens is 2. The molecule has 15 heavy (non-hydrogen) atoms. The van der Waals surface area contributed by atoms with E-state index in [9.17, 15) is 0 Å². The van der Waals surface area contributed by atoms with Crippen molar-refractivity contribution in [3.8, 4) is 0 Å². The summed E-state index contributed by atoms with van der Waals surface area (Å²) in [5.74, 6) is 2.24. The number of nitrogens with two attached hydrogens (primary N) is 1. The fourth-order valence-corrected chi connectivity index (χ4v) is 1.98. The Bertz CT molecular complexity index is 316. The van der Waals surface area contributed by atoms with Crippen molar-refractivity contribution in [3.05, 3.63) is 11.8 Å². The van der Waals surface area contributed by atoms with Gasteiger partial charge in [-0.05, 0) is 19.6 Å². The first-order valence-corrected chi connectivity index (χ1v) is 6.41. The highest BCUT2D eigenvalue weighted by Gasteiger charge is 2.08. The summed E-state index contributed by atoms with van der Waals surface area (Å²) in [4.78, 5) is 8.13. The first kappa shape index (κ1) is 12.1. The van der Waals surface area contributed by atoms with Crippen LogP contribution in [0.1, 0.15) is 18.9 Å². The minimum Gasteiger partial charge on any atom is -0.368 e. The molecule has 0 spiro atoms. The predicted molar refractivity (Wildman–Crippen MR) is 67.3 cm³/mol. The van der Waals surface area contributed by atoms with Crippen molar-refractivity contribution >= 4 is 23.5 Å². The number of nitrogens with zero attached hydrogens (tertiary/aromatic N) is 2. The lowest BCUT2D eigenvalue weighted by Gasteiger charge is -2.17. The molecule has 1 aromatic rings. The molecular formula is C10H18N4S. The van der Waals surface area contributed by atoms with Gasteiger partial charge < -0.3 is 11.1 Å². The first-order valence-electron chi connectivity index (χ1n) is 5.02. The SMILES string of the molecule is CCC(CSC)Nc1nc(N)ncc1C. The maximum Gasteiger partial charge on any atom is 0.221 e. The third-order valence-corrected chi connectivity index (χ3v) is 2.93. The molecule has 1 unspecified atom stereocenters. The van der Waals surface area contributed by atoms with Crippen LogP contribution in [-0.2, 0) is 0 Å². The Hall–Kier alpha value is -0.970. The summed E-state index contributed by atoms with van der Waals surface area (Å²) in [6.07, 6.45) is 4.92. The average molecular weight is 226 g/mol. The lowest BCUT2D eigenvalue weighted by molar-refractivity contribution is 0.768. The summed E-state index contributed by atoms with van der Waals surface area (Å²) >= 11 is 1.83. The van der Waals surface area contributed by atoms with Gasteiger partial charge in [-0.15, -0.1) is 0 Å². The van der Waals surface area contributed by atoms with Crippen molar-refractivity contribution in [2.24, 2.45) is 0 Å². The number of thioether (sulfide) groups is 1. The highest BCUT2D eigenvalue weighted by atomic mass is 32.2. The Morgan fingerprint density at radius 1 is 1.60 bits per heavy atom. The van der Waals surface area contributed by atoms with E-state index in [1.807, 2.05) is 18.7 Å². The van der Waals surface area contributed by atoms with Gasteiger partial charge in [0, 0.05) is 23.6 Å². The lowest BCUT2D eigenvalue weighted by atomic mass is 10.2. The predicted octanol–water partition coefficient (Wildman–Crippen LogP) is 1.92. The van der Waals surface area contributed by atoms with Gasteiger partial charge in [-0.2, -0.15) is 16.7 Å². The molecule has 0 fully saturated rings. The number of nitrogens with one attached hydrogen (secondary N) is 1. The van der Waals surface area contributed by atoms with Crippen LogP contribution in [0, 0.1) is 6.92 Å². The van der Waals surface area contributed by atoms with Gasteiger partial charge in [0.25, 0.3) is 0 Å². The second-order valence-corrected chi connectivity index (χ2v) is 4.38. The van der Waals surface area contributed by atoms with E-state index in [4.69, 9.17) is 5.73 Å². The molecule has 0 radical (unpaired) electrons. The smallest absolute Gasteiger partial charge is 0.221 e. The topological polar surface area (TPSA) is 63.8 Å². The Balaban J connectivity index is 2.73. The molecule has 1 aromatic heterocycles. The van der Waals surface area contributed by atoms with E-state index in [0.29, 0.717) is 12.0 Å². The van der Waals surface area contributed by atoms with Crippen LogP contribution in [0.2, 0.25) is 0 Å². The van der Waals surface area contributed by atoms with E-state index >= 15 is 0 Å². The van der Waals surface area contributed by atoms with Gasteiger partial charge in [0.1, 0.15) is 5.82 Å². The van der Waals surface area contributed by atoms with Crippen LogP contribution in [0.5, 0.6) is 0 Å². The highest BCUT2D eigenvalue weighted by Crippen LogP contribution is 2.14. The molecule has 0 saturated heterocycles. The van der Waals surface area contributed by atoms with Gasteiger partial charge >= 0.3 is 0 Å². The maximum absolute atomic E-state index is 5.55. The van der Waals surface area contributed by atoms with Crippen LogP contribution in [-0.4, -0.2) is 28.0 Å². The third-order valence-electron chi connectivity index (χ3n) is 2.19. The van der Waals surface area contributed by atoms with Crippen molar-refractivity contribution in [1.29, 1.82) is 0 Å². The second kappa shape index (κ2) is 5.80. The Morgan fingerprint density at radius 2 is 2.33 bits per heavy atom. The zero-order valence-corrected chi connectivity index (χ0v) is 10.3. The number of anilines is 2. The summed E-state index contributed by atoms with van der Waals surface area (Å²) in [6.45, 7) is 4.14. The number of hydrogen-bond acceptors (Lipinski definition) is 5. The molecule has 3 N–H and O–H groups in total. The Morgan fingerprint density at radius 3 is 2.93 bits per heavy atom. The van der Waals surface area contributed by atoms with E-state index in [-0.39, 0.29) is 0 Å². The Kier molecular flexibility index (Phi) is 4.68. The molecule has 1 atom stereocenters. The molecule has 4 nitrogen and oxygen atoms in total. The van der Waals surface area contributed by atoms with Crippen molar-refractivity contribution in [3.63, 3.8) is 0 Å². The van der Waals surface area contributed by atoms with Crippen molar-refractivity contribution < 1.29 is 0 Å². The normalized spacial score (nSPS) is 12.5. The quantitative estimate of drug-likeness (QED) is 0.803.